The highest BCUT2D eigenvalue weighted by molar-refractivity contribution is 7.98. The molecule has 0 saturated heterocycles. The molecule has 4 nitrogen and oxygen atoms in total. The van der Waals surface area contributed by atoms with Crippen molar-refractivity contribution in [1.82, 2.24) is 5.01 Å². The summed E-state index contributed by atoms with van der Waals surface area (Å²) in [6, 6.07) is 19.0. The van der Waals surface area contributed by atoms with Gasteiger partial charge in [-0.1, -0.05) is 30.3 Å². The lowest BCUT2D eigenvalue weighted by Gasteiger charge is -2.38. The van der Waals surface area contributed by atoms with Gasteiger partial charge in [0.05, 0.1) is 23.7 Å². The molecule has 0 saturated carbocycles. The van der Waals surface area contributed by atoms with E-state index in [9.17, 15) is 0 Å². The zero-order chi connectivity index (χ0) is 19.1. The average molecular weight is 409 g/mol. The van der Waals surface area contributed by atoms with Gasteiger partial charge in [0.1, 0.15) is 0 Å². The number of fused-ring (bicyclic) bond motifs is 3. The van der Waals surface area contributed by atoms with Crippen molar-refractivity contribution in [3.63, 3.8) is 0 Å². The summed E-state index contributed by atoms with van der Waals surface area (Å²) in [5, 5.41) is 9.21. The Kier molecular flexibility index (Phi) is 4.53. The lowest BCUT2D eigenvalue weighted by atomic mass is 9.97. The number of hydrogen-bond donors (Lipinski definition) is 0. The highest BCUT2D eigenvalue weighted by Crippen LogP contribution is 2.50. The van der Waals surface area contributed by atoms with Gasteiger partial charge in [0.25, 0.3) is 0 Å². The van der Waals surface area contributed by atoms with Crippen LogP contribution in [0.3, 0.4) is 0 Å². The zero-order valence-corrected chi connectivity index (χ0v) is 17.3. The van der Waals surface area contributed by atoms with Crippen molar-refractivity contribution in [3.8, 4) is 11.5 Å². The minimum Gasteiger partial charge on any atom is -0.493 e. The van der Waals surface area contributed by atoms with E-state index in [1.807, 2.05) is 12.1 Å². The topological polar surface area (TPSA) is 34.1 Å². The summed E-state index contributed by atoms with van der Waals surface area (Å²) in [6.07, 6.45) is 2.67. The third kappa shape index (κ3) is 2.88. The molecule has 6 heteroatoms. The molecular formula is C22H20N2O2S2. The normalized spacial score (nSPS) is 20.2. The first kappa shape index (κ1) is 17.6. The standard InChI is InChI=1S/C22H20N2O2S2/c1-25-19-6-3-5-16-18-13-17(20-7-4-12-28-20)23-24(18)22(26-21(16)19)14-8-10-15(27-2)11-9-14/h3-12,18,22H,13H2,1-2H3/t18-,22-/m0/s1. The van der Waals surface area contributed by atoms with Gasteiger partial charge in [0, 0.05) is 22.4 Å². The Hall–Kier alpha value is -2.44. The average Bonchev–Trinajstić information content (AvgIpc) is 3.42. The molecule has 2 atom stereocenters. The Labute approximate surface area is 172 Å². The largest absolute Gasteiger partial charge is 0.493 e. The second kappa shape index (κ2) is 7.18. The van der Waals surface area contributed by atoms with Crippen LogP contribution in [0.1, 0.15) is 34.7 Å². The van der Waals surface area contributed by atoms with Crippen LogP contribution in [-0.4, -0.2) is 24.1 Å². The number of hydrogen-bond acceptors (Lipinski definition) is 6. The Balaban J connectivity index is 1.61. The van der Waals surface area contributed by atoms with Gasteiger partial charge in [0.2, 0.25) is 6.23 Å². The van der Waals surface area contributed by atoms with Crippen LogP contribution in [0.2, 0.25) is 0 Å². The van der Waals surface area contributed by atoms with Crippen LogP contribution in [0.5, 0.6) is 11.5 Å². The highest BCUT2D eigenvalue weighted by Gasteiger charge is 2.42. The third-order valence-corrected chi connectivity index (χ3v) is 6.87. The summed E-state index contributed by atoms with van der Waals surface area (Å²) in [7, 11) is 1.69. The van der Waals surface area contributed by atoms with Gasteiger partial charge >= 0.3 is 0 Å². The molecule has 1 aromatic heterocycles. The molecule has 3 heterocycles. The molecule has 0 aliphatic carbocycles. The van der Waals surface area contributed by atoms with Crippen molar-refractivity contribution in [3.05, 3.63) is 76.0 Å². The molecule has 3 aromatic rings. The van der Waals surface area contributed by atoms with Gasteiger partial charge in [-0.15, -0.1) is 23.1 Å². The van der Waals surface area contributed by atoms with Crippen molar-refractivity contribution in [2.45, 2.75) is 23.6 Å². The first-order valence-corrected chi connectivity index (χ1v) is 11.3. The molecule has 0 bridgehead atoms. The second-order valence-corrected chi connectivity index (χ2v) is 8.57. The summed E-state index contributed by atoms with van der Waals surface area (Å²) in [5.74, 6) is 1.60. The van der Waals surface area contributed by atoms with Crippen molar-refractivity contribution in [2.24, 2.45) is 5.10 Å². The van der Waals surface area contributed by atoms with Crippen molar-refractivity contribution in [1.29, 1.82) is 0 Å². The van der Waals surface area contributed by atoms with Crippen LogP contribution in [0, 0.1) is 0 Å². The molecule has 0 fully saturated rings. The Bertz CT molecular complexity index is 1020. The van der Waals surface area contributed by atoms with Gasteiger partial charge in [-0.2, -0.15) is 5.10 Å². The molecule has 5 rings (SSSR count). The third-order valence-electron chi connectivity index (χ3n) is 5.21. The van der Waals surface area contributed by atoms with Crippen LogP contribution in [0.25, 0.3) is 0 Å². The van der Waals surface area contributed by atoms with Crippen LogP contribution < -0.4 is 9.47 Å². The molecule has 0 amide bonds. The summed E-state index contributed by atoms with van der Waals surface area (Å²) >= 11 is 3.47. The van der Waals surface area contributed by atoms with Crippen molar-refractivity contribution >= 4 is 28.8 Å². The minimum atomic E-state index is -0.276. The summed E-state index contributed by atoms with van der Waals surface area (Å²) in [6.45, 7) is 0. The Morgan fingerprint density at radius 3 is 2.71 bits per heavy atom. The van der Waals surface area contributed by atoms with Gasteiger partial charge < -0.3 is 9.47 Å². The van der Waals surface area contributed by atoms with Gasteiger partial charge in [-0.25, -0.2) is 5.01 Å². The van der Waals surface area contributed by atoms with Gasteiger partial charge in [-0.3, -0.25) is 0 Å². The zero-order valence-electron chi connectivity index (χ0n) is 15.7. The predicted molar refractivity (Wildman–Crippen MR) is 115 cm³/mol. The summed E-state index contributed by atoms with van der Waals surface area (Å²) < 4.78 is 12.1. The van der Waals surface area contributed by atoms with E-state index >= 15 is 0 Å². The lowest BCUT2D eigenvalue weighted by molar-refractivity contribution is -0.0209. The highest BCUT2D eigenvalue weighted by atomic mass is 32.2. The van der Waals surface area contributed by atoms with E-state index in [0.717, 1.165) is 34.8 Å². The van der Waals surface area contributed by atoms with Crippen molar-refractivity contribution in [2.75, 3.05) is 13.4 Å². The van der Waals surface area contributed by atoms with Gasteiger partial charge in [0.15, 0.2) is 11.5 Å². The SMILES string of the molecule is COc1cccc2c1O[C@@H](c1ccc(SC)cc1)N1N=C(c3cccs3)C[C@@H]21. The number of hydrazone groups is 1. The lowest BCUT2D eigenvalue weighted by Crippen LogP contribution is -2.33. The number of para-hydroxylation sites is 1. The molecule has 2 aliphatic heterocycles. The summed E-state index contributed by atoms with van der Waals surface area (Å²) in [5.41, 5.74) is 3.34. The van der Waals surface area contributed by atoms with E-state index in [4.69, 9.17) is 14.6 Å². The number of methoxy groups -OCH3 is 1. The molecule has 0 N–H and O–H groups in total. The fourth-order valence-electron chi connectivity index (χ4n) is 3.82. The quantitative estimate of drug-likeness (QED) is 0.517. The smallest absolute Gasteiger partial charge is 0.214 e. The van der Waals surface area contributed by atoms with E-state index < -0.39 is 0 Å². The maximum Gasteiger partial charge on any atom is 0.214 e. The molecule has 0 unspecified atom stereocenters. The van der Waals surface area contributed by atoms with E-state index in [2.05, 4.69) is 59.1 Å². The molecule has 2 aromatic carbocycles. The number of thioether (sulfide) groups is 1. The fraction of sp³-hybridized carbons (Fsp3) is 0.227. The minimum absolute atomic E-state index is 0.140. The molecule has 0 spiro atoms. The number of nitrogens with zero attached hydrogens (tertiary/aromatic N) is 2. The molecule has 142 valence electrons. The van der Waals surface area contributed by atoms with E-state index in [1.54, 1.807) is 30.2 Å². The first-order valence-electron chi connectivity index (χ1n) is 9.15. The molecule has 0 radical (unpaired) electrons. The van der Waals surface area contributed by atoms with E-state index in [1.165, 1.54) is 9.77 Å². The number of thiophene rings is 1. The van der Waals surface area contributed by atoms with Crippen LogP contribution in [0.15, 0.2) is 70.0 Å². The molecular weight excluding hydrogens is 388 g/mol. The van der Waals surface area contributed by atoms with Crippen LogP contribution >= 0.6 is 23.1 Å². The van der Waals surface area contributed by atoms with Crippen LogP contribution in [0.4, 0.5) is 0 Å². The monoisotopic (exact) mass is 408 g/mol. The Morgan fingerprint density at radius 1 is 1.14 bits per heavy atom. The number of ether oxygens (including phenoxy) is 2. The molecule has 2 aliphatic rings. The number of rotatable bonds is 4. The maximum atomic E-state index is 6.48. The Morgan fingerprint density at radius 2 is 2.00 bits per heavy atom. The van der Waals surface area contributed by atoms with Gasteiger partial charge in [-0.05, 0) is 35.9 Å². The summed E-state index contributed by atoms with van der Waals surface area (Å²) in [4.78, 5) is 2.45. The molecule has 28 heavy (non-hydrogen) atoms. The predicted octanol–water partition coefficient (Wildman–Crippen LogP) is 5.72. The first-order chi connectivity index (χ1) is 13.8. The second-order valence-electron chi connectivity index (χ2n) is 6.75. The maximum absolute atomic E-state index is 6.48. The fourth-order valence-corrected chi connectivity index (χ4v) is 4.95. The van der Waals surface area contributed by atoms with E-state index in [-0.39, 0.29) is 12.3 Å². The van der Waals surface area contributed by atoms with E-state index in [0.29, 0.717) is 0 Å². The van der Waals surface area contributed by atoms with Crippen molar-refractivity contribution < 1.29 is 9.47 Å². The number of benzene rings is 2. The van der Waals surface area contributed by atoms with Crippen LogP contribution in [-0.2, 0) is 0 Å².